The number of hydrogen-bond acceptors (Lipinski definition) is 0. The molecule has 0 saturated carbocycles. The molecule has 1 aromatic carbocycles. The average Bonchev–Trinajstić information content (AvgIpc) is 2.40. The van der Waals surface area contributed by atoms with E-state index in [9.17, 15) is 0 Å². The van der Waals surface area contributed by atoms with Crippen molar-refractivity contribution in [1.82, 2.24) is 0 Å². The van der Waals surface area contributed by atoms with E-state index in [1.165, 1.54) is 62.5 Å². The van der Waals surface area contributed by atoms with Crippen molar-refractivity contribution >= 4 is 0 Å². The molecule has 0 spiro atoms. The normalized spacial score (nSPS) is 10.5. The van der Waals surface area contributed by atoms with Gasteiger partial charge in [-0.1, -0.05) is 75.8 Å². The molecule has 0 aliphatic rings. The summed E-state index contributed by atoms with van der Waals surface area (Å²) in [4.78, 5) is 0. The molecular weight excluding hydrogens is 216 g/mol. The lowest BCUT2D eigenvalue weighted by Gasteiger charge is -2.03. The minimum atomic E-state index is 0.984. The number of aryl methyl sites for hydroxylation is 1. The maximum atomic E-state index is 3.77. The molecule has 1 aromatic rings. The quantitative estimate of drug-likeness (QED) is 0.365. The third kappa shape index (κ3) is 6.64. The molecule has 0 heteroatoms. The van der Waals surface area contributed by atoms with Crippen LogP contribution in [0.3, 0.4) is 0 Å². The van der Waals surface area contributed by atoms with Gasteiger partial charge in [0.1, 0.15) is 0 Å². The fourth-order valence-corrected chi connectivity index (χ4v) is 2.29. The van der Waals surface area contributed by atoms with Gasteiger partial charge in [-0.3, -0.25) is 0 Å². The Morgan fingerprint density at radius 3 is 2.00 bits per heavy atom. The second-order valence-corrected chi connectivity index (χ2v) is 5.18. The second-order valence-electron chi connectivity index (χ2n) is 5.18. The van der Waals surface area contributed by atoms with Gasteiger partial charge in [-0.15, -0.1) is 6.58 Å². The number of unbranched alkanes of at least 4 members (excludes halogenated alkanes) is 6. The van der Waals surface area contributed by atoms with Crippen LogP contribution in [0.2, 0.25) is 0 Å². The van der Waals surface area contributed by atoms with Gasteiger partial charge in [-0.2, -0.15) is 0 Å². The highest BCUT2D eigenvalue weighted by atomic mass is 14.0. The monoisotopic (exact) mass is 244 g/mol. The van der Waals surface area contributed by atoms with Crippen LogP contribution in [0, 0.1) is 0 Å². The third-order valence-electron chi connectivity index (χ3n) is 3.47. The van der Waals surface area contributed by atoms with Gasteiger partial charge in [0, 0.05) is 0 Å². The second kappa shape index (κ2) is 9.94. The van der Waals surface area contributed by atoms with E-state index in [-0.39, 0.29) is 0 Å². The van der Waals surface area contributed by atoms with E-state index in [4.69, 9.17) is 0 Å². The highest BCUT2D eigenvalue weighted by Crippen LogP contribution is 2.12. The first kappa shape index (κ1) is 15.0. The molecule has 0 aliphatic heterocycles. The van der Waals surface area contributed by atoms with E-state index in [1.807, 2.05) is 6.08 Å². The molecule has 0 N–H and O–H groups in total. The Bertz CT molecular complexity index is 307. The van der Waals surface area contributed by atoms with E-state index >= 15 is 0 Å². The van der Waals surface area contributed by atoms with Crippen LogP contribution in [0.25, 0.3) is 0 Å². The summed E-state index contributed by atoms with van der Waals surface area (Å²) in [5, 5.41) is 0. The molecule has 0 heterocycles. The van der Waals surface area contributed by atoms with Crippen molar-refractivity contribution in [2.24, 2.45) is 0 Å². The minimum Gasteiger partial charge on any atom is -0.103 e. The lowest BCUT2D eigenvalue weighted by molar-refractivity contribution is 0.589. The molecule has 0 nitrogen and oxygen atoms in total. The molecule has 1 rings (SSSR count). The van der Waals surface area contributed by atoms with Crippen LogP contribution in [0.4, 0.5) is 0 Å². The minimum absolute atomic E-state index is 0.984. The number of benzene rings is 1. The zero-order valence-corrected chi connectivity index (χ0v) is 12.0. The Hall–Kier alpha value is -1.04. The van der Waals surface area contributed by atoms with Gasteiger partial charge in [0.25, 0.3) is 0 Å². The van der Waals surface area contributed by atoms with E-state index in [2.05, 4.69) is 37.8 Å². The van der Waals surface area contributed by atoms with Gasteiger partial charge in [0.05, 0.1) is 0 Å². The van der Waals surface area contributed by atoms with Crippen LogP contribution in [0.1, 0.15) is 63.0 Å². The molecule has 18 heavy (non-hydrogen) atoms. The van der Waals surface area contributed by atoms with Gasteiger partial charge < -0.3 is 0 Å². The first-order valence-electron chi connectivity index (χ1n) is 7.55. The Morgan fingerprint density at radius 1 is 0.833 bits per heavy atom. The van der Waals surface area contributed by atoms with Crippen LogP contribution in [0.5, 0.6) is 0 Å². The summed E-state index contributed by atoms with van der Waals surface area (Å²) in [5.74, 6) is 0. The lowest BCUT2D eigenvalue weighted by atomic mass is 10.0. The largest absolute Gasteiger partial charge is 0.103 e. The number of rotatable bonds is 10. The Balaban J connectivity index is 2.09. The molecule has 0 amide bonds. The summed E-state index contributed by atoms with van der Waals surface area (Å²) in [6, 6.07) is 9.02. The van der Waals surface area contributed by atoms with Gasteiger partial charge in [0.2, 0.25) is 0 Å². The molecule has 0 bridgehead atoms. The summed E-state index contributed by atoms with van der Waals surface area (Å²) < 4.78 is 0. The van der Waals surface area contributed by atoms with Crippen LogP contribution >= 0.6 is 0 Å². The van der Waals surface area contributed by atoms with Crippen molar-refractivity contribution in [3.63, 3.8) is 0 Å². The smallest absolute Gasteiger partial charge is 0.0100 e. The zero-order valence-electron chi connectivity index (χ0n) is 12.0. The molecule has 0 saturated heterocycles. The lowest BCUT2D eigenvalue weighted by Crippen LogP contribution is -1.88. The van der Waals surface area contributed by atoms with Gasteiger partial charge in [0.15, 0.2) is 0 Å². The van der Waals surface area contributed by atoms with E-state index < -0.39 is 0 Å². The Kier molecular flexibility index (Phi) is 8.29. The molecule has 0 fully saturated rings. The molecule has 0 aromatic heterocycles. The standard InChI is InChI=1S/C18H28/c1-3-5-6-7-8-9-10-12-18-15-13-17(11-4-2)14-16-18/h4,13-16H,2-3,5-12H2,1H3. The first-order valence-corrected chi connectivity index (χ1v) is 7.55. The summed E-state index contributed by atoms with van der Waals surface area (Å²) in [6.07, 6.45) is 13.9. The van der Waals surface area contributed by atoms with Crippen LogP contribution < -0.4 is 0 Å². The summed E-state index contributed by atoms with van der Waals surface area (Å²) in [7, 11) is 0. The molecular formula is C18H28. The van der Waals surface area contributed by atoms with Crippen LogP contribution in [-0.4, -0.2) is 0 Å². The topological polar surface area (TPSA) is 0 Å². The summed E-state index contributed by atoms with van der Waals surface area (Å²) in [6.45, 7) is 6.04. The predicted octanol–water partition coefficient (Wildman–Crippen LogP) is 5.71. The fraction of sp³-hybridized carbons (Fsp3) is 0.556. The molecule has 0 radical (unpaired) electrons. The Morgan fingerprint density at radius 2 is 1.39 bits per heavy atom. The van der Waals surface area contributed by atoms with Crippen LogP contribution in [0.15, 0.2) is 36.9 Å². The van der Waals surface area contributed by atoms with Crippen LogP contribution in [-0.2, 0) is 12.8 Å². The molecule has 0 aliphatic carbocycles. The Labute approximate surface area is 113 Å². The van der Waals surface area contributed by atoms with Crippen molar-refractivity contribution in [3.05, 3.63) is 48.0 Å². The fourth-order valence-electron chi connectivity index (χ4n) is 2.29. The third-order valence-corrected chi connectivity index (χ3v) is 3.47. The van der Waals surface area contributed by atoms with E-state index in [0.717, 1.165) is 6.42 Å². The number of hydrogen-bond donors (Lipinski definition) is 0. The number of allylic oxidation sites excluding steroid dienone is 1. The van der Waals surface area contributed by atoms with Gasteiger partial charge >= 0.3 is 0 Å². The average molecular weight is 244 g/mol. The summed E-state index contributed by atoms with van der Waals surface area (Å²) in [5.41, 5.74) is 2.85. The van der Waals surface area contributed by atoms with Crippen molar-refractivity contribution in [2.45, 2.75) is 64.7 Å². The maximum absolute atomic E-state index is 3.77. The summed E-state index contributed by atoms with van der Waals surface area (Å²) >= 11 is 0. The highest BCUT2D eigenvalue weighted by molar-refractivity contribution is 5.23. The maximum Gasteiger partial charge on any atom is -0.0100 e. The highest BCUT2D eigenvalue weighted by Gasteiger charge is 1.95. The SMILES string of the molecule is C=CCc1ccc(CCCCCCCCC)cc1. The zero-order chi connectivity index (χ0) is 13.1. The van der Waals surface area contributed by atoms with Crippen molar-refractivity contribution < 1.29 is 0 Å². The van der Waals surface area contributed by atoms with Crippen molar-refractivity contribution in [1.29, 1.82) is 0 Å². The van der Waals surface area contributed by atoms with Crippen molar-refractivity contribution in [2.75, 3.05) is 0 Å². The predicted molar refractivity (Wildman–Crippen MR) is 82.0 cm³/mol. The molecule has 100 valence electrons. The first-order chi connectivity index (χ1) is 8.86. The molecule has 0 atom stereocenters. The van der Waals surface area contributed by atoms with Crippen molar-refractivity contribution in [3.8, 4) is 0 Å². The van der Waals surface area contributed by atoms with E-state index in [0.29, 0.717) is 0 Å². The van der Waals surface area contributed by atoms with E-state index in [1.54, 1.807) is 0 Å². The molecule has 0 unspecified atom stereocenters. The van der Waals surface area contributed by atoms with Gasteiger partial charge in [-0.25, -0.2) is 0 Å². The van der Waals surface area contributed by atoms with Gasteiger partial charge in [-0.05, 0) is 30.4 Å².